The number of rotatable bonds is 6. The summed E-state index contributed by atoms with van der Waals surface area (Å²) in [6.07, 6.45) is 1.00. The van der Waals surface area contributed by atoms with Crippen molar-refractivity contribution in [1.82, 2.24) is 0 Å². The Hall–Kier alpha value is -1.51. The predicted molar refractivity (Wildman–Crippen MR) is 75.2 cm³/mol. The van der Waals surface area contributed by atoms with E-state index in [1.54, 1.807) is 0 Å². The zero-order valence-corrected chi connectivity index (χ0v) is 11.7. The first-order valence-corrected chi connectivity index (χ1v) is 6.43. The van der Waals surface area contributed by atoms with E-state index in [4.69, 9.17) is 5.11 Å². The molecule has 1 aromatic rings. The van der Waals surface area contributed by atoms with Gasteiger partial charge in [0.15, 0.2) is 0 Å². The Morgan fingerprint density at radius 3 is 2.22 bits per heavy atom. The van der Waals surface area contributed by atoms with E-state index >= 15 is 0 Å². The van der Waals surface area contributed by atoms with Crippen LogP contribution in [0.15, 0.2) is 18.2 Å². The summed E-state index contributed by atoms with van der Waals surface area (Å²) in [6, 6.07) is 6.21. The molecule has 3 heteroatoms. The van der Waals surface area contributed by atoms with Crippen molar-refractivity contribution < 1.29 is 9.90 Å². The van der Waals surface area contributed by atoms with Crippen molar-refractivity contribution >= 4 is 11.7 Å². The number of carboxylic acid groups (broad SMARTS) is 1. The molecule has 0 atom stereocenters. The fourth-order valence-electron chi connectivity index (χ4n) is 2.01. The number of anilines is 1. The molecule has 1 aromatic carbocycles. The van der Waals surface area contributed by atoms with Crippen molar-refractivity contribution in [3.8, 4) is 0 Å². The number of carbonyl (C=O) groups is 1. The number of carboxylic acids is 1. The maximum absolute atomic E-state index is 11.0. The van der Waals surface area contributed by atoms with Gasteiger partial charge in [0.1, 0.15) is 6.54 Å². The third-order valence-corrected chi connectivity index (χ3v) is 2.87. The molecule has 100 valence electrons. The standard InChI is InChI=1S/C15H23NO2/c1-11(2)5-6-16(10-15(17)18)14-8-12(3)7-13(4)9-14/h7-9,11H,5-6,10H2,1-4H3,(H,17,18). The van der Waals surface area contributed by atoms with Crippen LogP contribution in [0.2, 0.25) is 0 Å². The van der Waals surface area contributed by atoms with Gasteiger partial charge in [-0.3, -0.25) is 4.79 Å². The van der Waals surface area contributed by atoms with Crippen LogP contribution in [0, 0.1) is 19.8 Å². The number of aliphatic carboxylic acids is 1. The molecule has 1 rings (SSSR count). The smallest absolute Gasteiger partial charge is 0.323 e. The molecule has 18 heavy (non-hydrogen) atoms. The van der Waals surface area contributed by atoms with E-state index in [0.717, 1.165) is 18.7 Å². The van der Waals surface area contributed by atoms with Crippen molar-refractivity contribution in [2.24, 2.45) is 5.92 Å². The first kappa shape index (κ1) is 14.6. The summed E-state index contributed by atoms with van der Waals surface area (Å²) in [5.74, 6) is -0.204. The fraction of sp³-hybridized carbons (Fsp3) is 0.533. The third kappa shape index (κ3) is 4.78. The van der Waals surface area contributed by atoms with E-state index in [1.165, 1.54) is 11.1 Å². The second kappa shape index (κ2) is 6.43. The second-order valence-electron chi connectivity index (χ2n) is 5.34. The van der Waals surface area contributed by atoms with Crippen LogP contribution >= 0.6 is 0 Å². The van der Waals surface area contributed by atoms with Gasteiger partial charge in [0.05, 0.1) is 0 Å². The van der Waals surface area contributed by atoms with E-state index in [1.807, 2.05) is 18.7 Å². The number of aryl methyl sites for hydroxylation is 2. The lowest BCUT2D eigenvalue weighted by atomic mass is 10.1. The molecule has 0 amide bonds. The molecule has 1 N–H and O–H groups in total. The van der Waals surface area contributed by atoms with Crippen LogP contribution < -0.4 is 4.90 Å². The molecule has 0 bridgehead atoms. The largest absolute Gasteiger partial charge is 0.480 e. The average molecular weight is 249 g/mol. The van der Waals surface area contributed by atoms with Crippen molar-refractivity contribution in [2.45, 2.75) is 34.1 Å². The van der Waals surface area contributed by atoms with Crippen molar-refractivity contribution in [2.75, 3.05) is 18.0 Å². The van der Waals surface area contributed by atoms with Crippen molar-refractivity contribution in [3.05, 3.63) is 29.3 Å². The van der Waals surface area contributed by atoms with Crippen molar-refractivity contribution in [3.63, 3.8) is 0 Å². The molecule has 0 heterocycles. The Bertz CT molecular complexity index is 393. The fourth-order valence-corrected chi connectivity index (χ4v) is 2.01. The van der Waals surface area contributed by atoms with Gasteiger partial charge < -0.3 is 10.0 Å². The van der Waals surface area contributed by atoms with Gasteiger partial charge in [-0.2, -0.15) is 0 Å². The van der Waals surface area contributed by atoms with Gasteiger partial charge in [0, 0.05) is 12.2 Å². The summed E-state index contributed by atoms with van der Waals surface area (Å²) in [6.45, 7) is 9.24. The highest BCUT2D eigenvalue weighted by Crippen LogP contribution is 2.19. The molecule has 0 aliphatic rings. The van der Waals surface area contributed by atoms with Crippen LogP contribution in [0.4, 0.5) is 5.69 Å². The Morgan fingerprint density at radius 1 is 1.22 bits per heavy atom. The Labute approximate surface area is 109 Å². The monoisotopic (exact) mass is 249 g/mol. The highest BCUT2D eigenvalue weighted by molar-refractivity contribution is 5.74. The Morgan fingerprint density at radius 2 is 1.78 bits per heavy atom. The molecule has 0 fully saturated rings. The highest BCUT2D eigenvalue weighted by Gasteiger charge is 2.12. The molecule has 0 aromatic heterocycles. The van der Waals surface area contributed by atoms with Crippen LogP contribution in [-0.4, -0.2) is 24.2 Å². The summed E-state index contributed by atoms with van der Waals surface area (Å²) in [7, 11) is 0. The number of hydrogen-bond donors (Lipinski definition) is 1. The van der Waals surface area contributed by atoms with Crippen LogP contribution in [0.3, 0.4) is 0 Å². The first-order chi connectivity index (χ1) is 8.38. The molecule has 0 unspecified atom stereocenters. The zero-order chi connectivity index (χ0) is 13.7. The van der Waals surface area contributed by atoms with Crippen LogP contribution in [0.25, 0.3) is 0 Å². The summed E-state index contributed by atoms with van der Waals surface area (Å²) in [5, 5.41) is 9.01. The lowest BCUT2D eigenvalue weighted by Crippen LogP contribution is -2.31. The van der Waals surface area contributed by atoms with Gasteiger partial charge in [-0.05, 0) is 49.4 Å². The van der Waals surface area contributed by atoms with Gasteiger partial charge in [-0.25, -0.2) is 0 Å². The topological polar surface area (TPSA) is 40.5 Å². The van der Waals surface area contributed by atoms with Crippen molar-refractivity contribution in [1.29, 1.82) is 0 Å². The minimum absolute atomic E-state index is 0.0651. The van der Waals surface area contributed by atoms with E-state index in [2.05, 4.69) is 32.0 Å². The third-order valence-electron chi connectivity index (χ3n) is 2.87. The zero-order valence-electron chi connectivity index (χ0n) is 11.7. The van der Waals surface area contributed by atoms with Gasteiger partial charge in [0.2, 0.25) is 0 Å². The van der Waals surface area contributed by atoms with E-state index in [9.17, 15) is 4.79 Å². The van der Waals surface area contributed by atoms with E-state index in [-0.39, 0.29) is 6.54 Å². The molecular weight excluding hydrogens is 226 g/mol. The minimum atomic E-state index is -0.780. The lowest BCUT2D eigenvalue weighted by molar-refractivity contribution is -0.135. The molecule has 0 radical (unpaired) electrons. The number of hydrogen-bond acceptors (Lipinski definition) is 2. The maximum Gasteiger partial charge on any atom is 0.323 e. The average Bonchev–Trinajstić information content (AvgIpc) is 2.22. The number of benzene rings is 1. The molecular formula is C15H23NO2. The summed E-state index contributed by atoms with van der Waals surface area (Å²) in [5.41, 5.74) is 3.35. The van der Waals surface area contributed by atoms with Gasteiger partial charge in [-0.1, -0.05) is 19.9 Å². The number of nitrogens with zero attached hydrogens (tertiary/aromatic N) is 1. The minimum Gasteiger partial charge on any atom is -0.480 e. The predicted octanol–water partition coefficient (Wildman–Crippen LogP) is 3.24. The summed E-state index contributed by atoms with van der Waals surface area (Å²) >= 11 is 0. The quantitative estimate of drug-likeness (QED) is 0.841. The maximum atomic E-state index is 11.0. The SMILES string of the molecule is Cc1cc(C)cc(N(CCC(C)C)CC(=O)O)c1. The van der Waals surface area contributed by atoms with Crippen LogP contribution in [0.1, 0.15) is 31.4 Å². The molecule has 0 spiro atoms. The highest BCUT2D eigenvalue weighted by atomic mass is 16.4. The second-order valence-corrected chi connectivity index (χ2v) is 5.34. The van der Waals surface area contributed by atoms with Crippen LogP contribution in [0.5, 0.6) is 0 Å². The Kier molecular flexibility index (Phi) is 5.20. The van der Waals surface area contributed by atoms with Crippen LogP contribution in [-0.2, 0) is 4.79 Å². The normalized spacial score (nSPS) is 10.7. The molecule has 0 aliphatic carbocycles. The Balaban J connectivity index is 2.89. The van der Waals surface area contributed by atoms with Gasteiger partial charge in [-0.15, -0.1) is 0 Å². The van der Waals surface area contributed by atoms with Gasteiger partial charge in [0.25, 0.3) is 0 Å². The molecule has 3 nitrogen and oxygen atoms in total. The van der Waals surface area contributed by atoms with Gasteiger partial charge >= 0.3 is 5.97 Å². The van der Waals surface area contributed by atoms with E-state index < -0.39 is 5.97 Å². The molecule has 0 saturated carbocycles. The molecule has 0 aliphatic heterocycles. The first-order valence-electron chi connectivity index (χ1n) is 6.43. The summed E-state index contributed by atoms with van der Waals surface area (Å²) in [4.78, 5) is 12.9. The lowest BCUT2D eigenvalue weighted by Gasteiger charge is -2.24. The van der Waals surface area contributed by atoms with E-state index in [0.29, 0.717) is 5.92 Å². The summed E-state index contributed by atoms with van der Waals surface area (Å²) < 4.78 is 0. The molecule has 0 saturated heterocycles.